The molecule has 0 saturated carbocycles. The second kappa shape index (κ2) is 14.5. The minimum atomic E-state index is 1.17. The lowest BCUT2D eigenvalue weighted by atomic mass is 10.2. The molecule has 0 heterocycles. The monoisotopic (exact) mass is 198 g/mol. The highest BCUT2D eigenvalue weighted by molar-refractivity contribution is 5.45. The predicted octanol–water partition coefficient (Wildman–Crippen LogP) is 4.65. The second-order valence-corrected chi connectivity index (χ2v) is 2.34. The van der Waals surface area contributed by atoms with E-state index in [0.29, 0.717) is 0 Å². The molecule has 0 N–H and O–H groups in total. The van der Waals surface area contributed by atoms with Crippen LogP contribution in [0.2, 0.25) is 0 Å². The highest BCUT2D eigenvalue weighted by atomic mass is 13.8. The fourth-order valence-electron chi connectivity index (χ4n) is 0.589. The van der Waals surface area contributed by atoms with Crippen molar-refractivity contribution in [2.24, 2.45) is 0 Å². The molecule has 1 rings (SSSR count). The summed E-state index contributed by atoms with van der Waals surface area (Å²) in [5, 5.41) is 0. The van der Waals surface area contributed by atoms with E-state index in [2.05, 4.69) is 38.6 Å². The zero-order valence-electron chi connectivity index (χ0n) is 9.15. The van der Waals surface area contributed by atoms with E-state index in [9.17, 15) is 0 Å². The average Bonchev–Trinajstić information content (AvgIpc) is 2.31. The molecule has 0 spiro atoms. The second-order valence-electron chi connectivity index (χ2n) is 2.34. The van der Waals surface area contributed by atoms with Gasteiger partial charge in [0.2, 0.25) is 0 Å². The van der Waals surface area contributed by atoms with Crippen LogP contribution in [0.15, 0.2) is 81.1 Å². The molecule has 0 amide bonds. The number of hydrogen-bond acceptors (Lipinski definition) is 0. The first-order valence-corrected chi connectivity index (χ1v) is 4.46. The fourth-order valence-corrected chi connectivity index (χ4v) is 0.589. The van der Waals surface area contributed by atoms with E-state index in [0.717, 1.165) is 0 Å². The maximum Gasteiger partial charge on any atom is -0.0263 e. The van der Waals surface area contributed by atoms with E-state index in [4.69, 9.17) is 0 Å². The average molecular weight is 198 g/mol. The number of rotatable bonds is 2. The summed E-state index contributed by atoms with van der Waals surface area (Å²) in [6.45, 7) is 16.6. The number of hydrogen-bond donors (Lipinski definition) is 0. The summed E-state index contributed by atoms with van der Waals surface area (Å²) in [6.07, 6.45) is 5.11. The summed E-state index contributed by atoms with van der Waals surface area (Å²) in [6, 6.07) is 10.0. The lowest BCUT2D eigenvalue weighted by Crippen LogP contribution is -1.63. The largest absolute Gasteiger partial charge is 0.137 e. The van der Waals surface area contributed by atoms with Crippen molar-refractivity contribution in [2.45, 2.75) is 0 Å². The first-order valence-electron chi connectivity index (χ1n) is 4.46. The van der Waals surface area contributed by atoms with Crippen LogP contribution in [-0.2, 0) is 0 Å². The molecule has 0 radical (unpaired) electrons. The van der Waals surface area contributed by atoms with Crippen LogP contribution in [0.5, 0.6) is 0 Å². The third kappa shape index (κ3) is 14.8. The fraction of sp³-hybridized carbons (Fsp3) is 0. The van der Waals surface area contributed by atoms with Crippen molar-refractivity contribution in [1.82, 2.24) is 0 Å². The predicted molar refractivity (Wildman–Crippen MR) is 71.7 cm³/mol. The van der Waals surface area contributed by atoms with Gasteiger partial charge < -0.3 is 0 Å². The van der Waals surface area contributed by atoms with Crippen molar-refractivity contribution in [3.8, 4) is 0 Å². The Morgan fingerprint density at radius 3 is 1.47 bits per heavy atom. The van der Waals surface area contributed by atoms with Crippen LogP contribution in [0.25, 0.3) is 6.08 Å². The van der Waals surface area contributed by atoms with Crippen molar-refractivity contribution in [3.63, 3.8) is 0 Å². The molecule has 0 aliphatic carbocycles. The summed E-state index contributed by atoms with van der Waals surface area (Å²) in [5.41, 5.74) is 3.42. The first kappa shape index (κ1) is 15.4. The molecule has 0 unspecified atom stereocenters. The highest BCUT2D eigenvalue weighted by Crippen LogP contribution is 1.97. The van der Waals surface area contributed by atoms with Gasteiger partial charge in [0.25, 0.3) is 0 Å². The van der Waals surface area contributed by atoms with E-state index < -0.39 is 0 Å². The number of allylic oxidation sites excluding steroid dienone is 2. The van der Waals surface area contributed by atoms with Crippen molar-refractivity contribution in [1.29, 1.82) is 0 Å². The van der Waals surface area contributed by atoms with Gasteiger partial charge in [-0.2, -0.15) is 0 Å². The van der Waals surface area contributed by atoms with Crippen LogP contribution in [0, 0.1) is 0 Å². The molecule has 1 aromatic carbocycles. The molecule has 0 bridgehead atoms. The summed E-state index contributed by atoms with van der Waals surface area (Å²) >= 11 is 0. The van der Waals surface area contributed by atoms with Crippen LogP contribution < -0.4 is 0 Å². The SMILES string of the molecule is C=C=C.C=CC=C.C=Cc1ccccc1. The van der Waals surface area contributed by atoms with Gasteiger partial charge in [0.15, 0.2) is 0 Å². The lowest BCUT2D eigenvalue weighted by Gasteiger charge is -1.85. The molecule has 0 saturated heterocycles. The molecule has 0 aliphatic rings. The Morgan fingerprint density at radius 1 is 0.867 bits per heavy atom. The standard InChI is InChI=1S/C8H8.C4H6.C3H4/c1-2-8-6-4-3-5-7-8;1-3-4-2;1-3-2/h2-7H,1H2;3-4H,1-2H2;1-2H2. The van der Waals surface area contributed by atoms with Crippen LogP contribution in [0.1, 0.15) is 5.56 Å². The topological polar surface area (TPSA) is 0 Å². The molecule has 1 aromatic rings. The molecule has 0 nitrogen and oxygen atoms in total. The molecule has 78 valence electrons. The van der Waals surface area contributed by atoms with E-state index in [1.54, 1.807) is 12.2 Å². The van der Waals surface area contributed by atoms with Crippen LogP contribution in [0.4, 0.5) is 0 Å². The quantitative estimate of drug-likeness (QED) is 0.479. The van der Waals surface area contributed by atoms with Crippen LogP contribution >= 0.6 is 0 Å². The van der Waals surface area contributed by atoms with Crippen molar-refractivity contribution in [3.05, 3.63) is 86.7 Å². The summed E-state index contributed by atoms with van der Waals surface area (Å²) in [7, 11) is 0. The minimum Gasteiger partial charge on any atom is -0.137 e. The minimum absolute atomic E-state index is 1.17. The lowest BCUT2D eigenvalue weighted by molar-refractivity contribution is 1.67. The van der Waals surface area contributed by atoms with Crippen molar-refractivity contribution in [2.75, 3.05) is 0 Å². The molecule has 0 aliphatic heterocycles. The van der Waals surface area contributed by atoms with Crippen molar-refractivity contribution >= 4 is 6.08 Å². The molecule has 0 atom stereocenters. The summed E-state index contributed by atoms with van der Waals surface area (Å²) in [5.74, 6) is 0. The number of benzene rings is 1. The Labute approximate surface area is 93.3 Å². The van der Waals surface area contributed by atoms with Gasteiger partial charge in [-0.25, -0.2) is 0 Å². The highest BCUT2D eigenvalue weighted by Gasteiger charge is 1.75. The van der Waals surface area contributed by atoms with E-state index in [1.165, 1.54) is 5.56 Å². The first-order chi connectivity index (χ1) is 7.26. The molecule has 0 heteroatoms. The van der Waals surface area contributed by atoms with Gasteiger partial charge in [-0.15, -0.1) is 5.73 Å². The molecule has 0 aromatic heterocycles. The summed E-state index contributed by atoms with van der Waals surface area (Å²) < 4.78 is 0. The Kier molecular flexibility index (Phi) is 14.9. The normalized spacial score (nSPS) is 6.40. The zero-order chi connectivity index (χ0) is 11.9. The maximum absolute atomic E-state index is 3.63. The van der Waals surface area contributed by atoms with E-state index >= 15 is 0 Å². The van der Waals surface area contributed by atoms with Gasteiger partial charge in [0.1, 0.15) is 0 Å². The van der Waals surface area contributed by atoms with Gasteiger partial charge in [-0.1, -0.05) is 81.5 Å². The third-order valence-electron chi connectivity index (χ3n) is 1.20. The van der Waals surface area contributed by atoms with Gasteiger partial charge in [0, 0.05) is 0 Å². The molecule has 15 heavy (non-hydrogen) atoms. The van der Waals surface area contributed by atoms with Gasteiger partial charge in [-0.3, -0.25) is 0 Å². The zero-order valence-corrected chi connectivity index (χ0v) is 9.15. The molecular formula is C15H18. The van der Waals surface area contributed by atoms with Crippen LogP contribution in [-0.4, -0.2) is 0 Å². The Morgan fingerprint density at radius 2 is 1.27 bits per heavy atom. The maximum atomic E-state index is 3.63. The molecule has 0 fully saturated rings. The van der Waals surface area contributed by atoms with E-state index in [1.807, 2.05) is 36.4 Å². The van der Waals surface area contributed by atoms with Gasteiger partial charge in [0.05, 0.1) is 0 Å². The Balaban J connectivity index is 0. The Bertz CT molecular complexity index is 292. The van der Waals surface area contributed by atoms with Gasteiger partial charge in [-0.05, 0) is 5.56 Å². The van der Waals surface area contributed by atoms with Crippen molar-refractivity contribution < 1.29 is 0 Å². The van der Waals surface area contributed by atoms with Gasteiger partial charge >= 0.3 is 0 Å². The third-order valence-corrected chi connectivity index (χ3v) is 1.20. The smallest absolute Gasteiger partial charge is 0.0263 e. The molecular weight excluding hydrogens is 180 g/mol. The van der Waals surface area contributed by atoms with E-state index in [-0.39, 0.29) is 0 Å². The Hall–Kier alpha value is -2.04. The van der Waals surface area contributed by atoms with Crippen LogP contribution in [0.3, 0.4) is 0 Å². The summed E-state index contributed by atoms with van der Waals surface area (Å²) in [4.78, 5) is 0.